The van der Waals surface area contributed by atoms with Gasteiger partial charge in [0.1, 0.15) is 5.60 Å². The topological polar surface area (TPSA) is 38.7 Å². The minimum atomic E-state index is -0.561. The Morgan fingerprint density at radius 1 is 1.38 bits per heavy atom. The molecule has 0 N–H and O–H groups in total. The highest BCUT2D eigenvalue weighted by molar-refractivity contribution is 5.89. The maximum absolute atomic E-state index is 11.3. The van der Waals surface area contributed by atoms with Crippen LogP contribution in [0.25, 0.3) is 0 Å². The highest BCUT2D eigenvalue weighted by Gasteiger charge is 2.14. The van der Waals surface area contributed by atoms with Gasteiger partial charge in [0.25, 0.3) is 0 Å². The van der Waals surface area contributed by atoms with Crippen LogP contribution in [-0.4, -0.2) is 17.9 Å². The number of carbonyl (C=O) groups excluding carboxylic acids is 1. The maximum atomic E-state index is 11.3. The molecule has 0 aliphatic carbocycles. The lowest BCUT2D eigenvalue weighted by Crippen LogP contribution is -2.21. The highest BCUT2D eigenvalue weighted by atomic mass is 16.6. The van der Waals surface area contributed by atoms with Crippen molar-refractivity contribution in [1.82, 2.24) is 0 Å². The van der Waals surface area contributed by atoms with Crippen molar-refractivity contribution in [3.63, 3.8) is 0 Å². The number of hydrogen-bond donors (Lipinski definition) is 0. The van der Waals surface area contributed by atoms with Crippen LogP contribution < -0.4 is 0 Å². The summed E-state index contributed by atoms with van der Waals surface area (Å²) in [4.78, 5) is 15.0. The summed E-state index contributed by atoms with van der Waals surface area (Å²) in [5.41, 5.74) is 1.53. The minimum absolute atomic E-state index is 0.499. The van der Waals surface area contributed by atoms with E-state index in [1.165, 1.54) is 6.21 Å². The number of aliphatic imine (C=N–C) groups is 1. The molecule has 1 rings (SSSR count). The lowest BCUT2D eigenvalue weighted by Gasteiger charge is -2.17. The number of aryl methyl sites for hydroxylation is 1. The molecule has 0 unspecified atom stereocenters. The van der Waals surface area contributed by atoms with Gasteiger partial charge in [0.2, 0.25) is 0 Å². The molecule has 3 heteroatoms. The first-order chi connectivity index (χ1) is 7.37. The third kappa shape index (κ3) is 4.73. The molecule has 1 aromatic carbocycles. The van der Waals surface area contributed by atoms with E-state index in [0.717, 1.165) is 11.1 Å². The monoisotopic (exact) mass is 219 g/mol. The van der Waals surface area contributed by atoms with E-state index in [1.807, 2.05) is 52.0 Å². The zero-order valence-corrected chi connectivity index (χ0v) is 10.2. The molecule has 0 heterocycles. The Kier molecular flexibility index (Phi) is 3.82. The molecule has 0 aliphatic heterocycles. The van der Waals surface area contributed by atoms with Gasteiger partial charge >= 0.3 is 6.09 Å². The molecule has 86 valence electrons. The third-order valence-corrected chi connectivity index (χ3v) is 1.75. The van der Waals surface area contributed by atoms with Crippen molar-refractivity contribution >= 4 is 12.3 Å². The predicted molar refractivity (Wildman–Crippen MR) is 65.0 cm³/mol. The van der Waals surface area contributed by atoms with Crippen molar-refractivity contribution < 1.29 is 9.53 Å². The summed E-state index contributed by atoms with van der Waals surface area (Å²) in [7, 11) is 0. The van der Waals surface area contributed by atoms with Crippen molar-refractivity contribution in [2.45, 2.75) is 33.3 Å². The van der Waals surface area contributed by atoms with Crippen molar-refractivity contribution in [2.24, 2.45) is 4.99 Å². The maximum Gasteiger partial charge on any atom is 0.434 e. The number of hydrogen-bond acceptors (Lipinski definition) is 2. The predicted octanol–water partition coefficient (Wildman–Crippen LogP) is 3.35. The van der Waals surface area contributed by atoms with Crippen molar-refractivity contribution in [3.05, 3.63) is 35.4 Å². The first kappa shape index (κ1) is 12.4. The van der Waals surface area contributed by atoms with Crippen molar-refractivity contribution in [1.29, 1.82) is 0 Å². The molecule has 1 amide bonds. The summed E-state index contributed by atoms with van der Waals surface area (Å²) in [5, 5.41) is 0. The highest BCUT2D eigenvalue weighted by Crippen LogP contribution is 2.08. The first-order valence-electron chi connectivity index (χ1n) is 5.20. The van der Waals surface area contributed by atoms with Gasteiger partial charge in [-0.25, -0.2) is 4.79 Å². The zero-order valence-electron chi connectivity index (χ0n) is 10.2. The molecular formula is C13H17NO2. The molecular weight excluding hydrogens is 202 g/mol. The molecule has 0 spiro atoms. The molecule has 0 fully saturated rings. The van der Waals surface area contributed by atoms with Gasteiger partial charge in [0.05, 0.1) is 0 Å². The summed E-state index contributed by atoms with van der Waals surface area (Å²) in [5.74, 6) is 0. The van der Waals surface area contributed by atoms with E-state index >= 15 is 0 Å². The number of carbonyl (C=O) groups is 1. The van der Waals surface area contributed by atoms with Gasteiger partial charge in [0.15, 0.2) is 0 Å². The zero-order chi connectivity index (χ0) is 12.2. The number of benzene rings is 1. The SMILES string of the molecule is Cc1cccc(C=NC(=O)OC(C)(C)C)c1. The van der Waals surface area contributed by atoms with E-state index in [1.54, 1.807) is 0 Å². The normalized spacial score (nSPS) is 11.8. The van der Waals surface area contributed by atoms with E-state index in [9.17, 15) is 4.79 Å². The molecule has 0 bridgehead atoms. The van der Waals surface area contributed by atoms with Gasteiger partial charge in [-0.05, 0) is 33.3 Å². The fourth-order valence-corrected chi connectivity index (χ4v) is 1.17. The van der Waals surface area contributed by atoms with Gasteiger partial charge in [-0.3, -0.25) is 0 Å². The Balaban J connectivity index is 2.64. The van der Waals surface area contributed by atoms with Crippen LogP contribution in [0, 0.1) is 6.92 Å². The summed E-state index contributed by atoms with van der Waals surface area (Å²) >= 11 is 0. The van der Waals surface area contributed by atoms with Gasteiger partial charge in [0, 0.05) is 6.21 Å². The minimum Gasteiger partial charge on any atom is -0.442 e. The number of amides is 1. The van der Waals surface area contributed by atoms with Crippen LogP contribution in [0.2, 0.25) is 0 Å². The second-order valence-corrected chi connectivity index (χ2v) is 4.65. The Morgan fingerprint density at radius 3 is 2.62 bits per heavy atom. The van der Waals surface area contributed by atoms with E-state index in [2.05, 4.69) is 4.99 Å². The van der Waals surface area contributed by atoms with E-state index < -0.39 is 11.7 Å². The van der Waals surface area contributed by atoms with Gasteiger partial charge in [-0.2, -0.15) is 4.99 Å². The standard InChI is InChI=1S/C13H17NO2/c1-10-6-5-7-11(8-10)9-14-12(15)16-13(2,3)4/h5-9H,1-4H3. The third-order valence-electron chi connectivity index (χ3n) is 1.75. The largest absolute Gasteiger partial charge is 0.442 e. The van der Waals surface area contributed by atoms with E-state index in [-0.39, 0.29) is 0 Å². The van der Waals surface area contributed by atoms with Gasteiger partial charge in [-0.1, -0.05) is 29.8 Å². The van der Waals surface area contributed by atoms with Crippen LogP contribution in [0.5, 0.6) is 0 Å². The average molecular weight is 219 g/mol. The van der Waals surface area contributed by atoms with Gasteiger partial charge < -0.3 is 4.74 Å². The molecule has 16 heavy (non-hydrogen) atoms. The number of rotatable bonds is 1. The summed E-state index contributed by atoms with van der Waals surface area (Å²) in [6.45, 7) is 7.43. The quantitative estimate of drug-likeness (QED) is 0.679. The smallest absolute Gasteiger partial charge is 0.434 e. The first-order valence-corrected chi connectivity index (χ1v) is 5.20. The lowest BCUT2D eigenvalue weighted by molar-refractivity contribution is 0.0605. The Hall–Kier alpha value is -1.64. The number of nitrogens with zero attached hydrogens (tertiary/aromatic N) is 1. The molecule has 3 nitrogen and oxygen atoms in total. The molecule has 1 aromatic rings. The van der Waals surface area contributed by atoms with Gasteiger partial charge in [-0.15, -0.1) is 0 Å². The molecule has 0 aliphatic rings. The molecule has 0 saturated carbocycles. The second kappa shape index (κ2) is 4.92. The Bertz CT molecular complexity index is 403. The second-order valence-electron chi connectivity index (χ2n) is 4.65. The van der Waals surface area contributed by atoms with Crippen LogP contribution in [0.15, 0.2) is 29.3 Å². The summed E-state index contributed by atoms with van der Waals surface area (Å²) in [6.07, 6.45) is 0.954. The molecule has 0 atom stereocenters. The molecule has 0 saturated heterocycles. The molecule has 0 aromatic heterocycles. The Morgan fingerprint density at radius 2 is 2.06 bits per heavy atom. The van der Waals surface area contributed by atoms with Crippen molar-refractivity contribution in [2.75, 3.05) is 0 Å². The van der Waals surface area contributed by atoms with Crippen LogP contribution in [0.3, 0.4) is 0 Å². The summed E-state index contributed by atoms with van der Waals surface area (Å²) < 4.78 is 5.05. The van der Waals surface area contributed by atoms with Crippen LogP contribution in [-0.2, 0) is 4.74 Å². The van der Waals surface area contributed by atoms with Crippen molar-refractivity contribution in [3.8, 4) is 0 Å². The molecule has 0 radical (unpaired) electrons. The fraction of sp³-hybridized carbons (Fsp3) is 0.385. The van der Waals surface area contributed by atoms with E-state index in [0.29, 0.717) is 0 Å². The number of ether oxygens (including phenoxy) is 1. The van der Waals surface area contributed by atoms with Crippen LogP contribution in [0.1, 0.15) is 31.9 Å². The van der Waals surface area contributed by atoms with Crippen LogP contribution >= 0.6 is 0 Å². The summed E-state index contributed by atoms with van der Waals surface area (Å²) in [6, 6.07) is 7.76. The van der Waals surface area contributed by atoms with E-state index in [4.69, 9.17) is 4.74 Å². The Labute approximate surface area is 96.2 Å². The van der Waals surface area contributed by atoms with Crippen LogP contribution in [0.4, 0.5) is 4.79 Å². The fourth-order valence-electron chi connectivity index (χ4n) is 1.17. The average Bonchev–Trinajstić information content (AvgIpc) is 2.12. The lowest BCUT2D eigenvalue weighted by atomic mass is 10.2.